The number of pyridine rings is 2. The smallest absolute Gasteiger partial charge is 0.285 e. The second kappa shape index (κ2) is 9.93. The van der Waals surface area contributed by atoms with Crippen LogP contribution < -0.4 is 19.9 Å². The van der Waals surface area contributed by atoms with E-state index in [2.05, 4.69) is 14.7 Å². The van der Waals surface area contributed by atoms with Gasteiger partial charge >= 0.3 is 0 Å². The molecule has 3 N–H and O–H groups in total. The molecule has 0 aliphatic rings. The molecule has 33 heavy (non-hydrogen) atoms. The SMILES string of the molecule is Nc1c(-c2cc(Cc3ccc(COc4cccnc4)cc3)no2)ccc[n+]1COP(=O)([O-])O. The molecule has 0 spiro atoms. The Bertz CT molecular complexity index is 1260. The fourth-order valence-electron chi connectivity index (χ4n) is 3.10. The molecule has 0 saturated carbocycles. The summed E-state index contributed by atoms with van der Waals surface area (Å²) in [5, 5.41) is 4.11. The lowest BCUT2D eigenvalue weighted by Crippen LogP contribution is -2.38. The van der Waals surface area contributed by atoms with Crippen molar-refractivity contribution in [2.75, 3.05) is 5.73 Å². The average Bonchev–Trinajstić information content (AvgIpc) is 3.26. The van der Waals surface area contributed by atoms with Gasteiger partial charge in [0.1, 0.15) is 17.9 Å². The van der Waals surface area contributed by atoms with E-state index in [9.17, 15) is 9.46 Å². The fraction of sp³-hybridized carbons (Fsp3) is 0.136. The van der Waals surface area contributed by atoms with Crippen molar-refractivity contribution in [2.24, 2.45) is 0 Å². The van der Waals surface area contributed by atoms with Gasteiger partial charge in [0.05, 0.1) is 18.1 Å². The minimum Gasteiger partial charge on any atom is -0.756 e. The van der Waals surface area contributed by atoms with Gasteiger partial charge in [0.25, 0.3) is 13.6 Å². The molecule has 0 aliphatic heterocycles. The van der Waals surface area contributed by atoms with Crippen LogP contribution >= 0.6 is 7.82 Å². The highest BCUT2D eigenvalue weighted by Gasteiger charge is 2.18. The first kappa shape index (κ1) is 22.6. The third-order valence-electron chi connectivity index (χ3n) is 4.75. The summed E-state index contributed by atoms with van der Waals surface area (Å²) in [6.45, 7) is -0.0239. The van der Waals surface area contributed by atoms with Crippen molar-refractivity contribution in [1.82, 2.24) is 10.1 Å². The molecule has 0 fully saturated rings. The molecule has 10 nitrogen and oxygen atoms in total. The van der Waals surface area contributed by atoms with Gasteiger partial charge in [0.15, 0.2) is 12.5 Å². The summed E-state index contributed by atoms with van der Waals surface area (Å²) >= 11 is 0. The number of nitrogen functional groups attached to an aromatic ring is 1. The Morgan fingerprint density at radius 2 is 1.94 bits per heavy atom. The van der Waals surface area contributed by atoms with Crippen molar-refractivity contribution in [3.05, 3.63) is 90.0 Å². The Labute approximate surface area is 189 Å². The van der Waals surface area contributed by atoms with E-state index in [1.54, 1.807) is 30.6 Å². The van der Waals surface area contributed by atoms with Crippen LogP contribution in [0.5, 0.6) is 5.75 Å². The second-order valence-corrected chi connectivity index (χ2v) is 8.35. The van der Waals surface area contributed by atoms with Crippen LogP contribution in [0.3, 0.4) is 0 Å². The van der Waals surface area contributed by atoms with Crippen molar-refractivity contribution in [3.63, 3.8) is 0 Å². The first-order valence-corrected chi connectivity index (χ1v) is 11.4. The zero-order valence-electron chi connectivity index (χ0n) is 17.4. The molecule has 4 rings (SSSR count). The van der Waals surface area contributed by atoms with E-state index in [1.165, 1.54) is 10.8 Å². The summed E-state index contributed by atoms with van der Waals surface area (Å²) in [7, 11) is -4.87. The lowest BCUT2D eigenvalue weighted by molar-refractivity contribution is -0.712. The number of anilines is 1. The number of rotatable bonds is 9. The summed E-state index contributed by atoms with van der Waals surface area (Å²) in [5.41, 5.74) is 9.38. The predicted octanol–water partition coefficient (Wildman–Crippen LogP) is 2.21. The van der Waals surface area contributed by atoms with Crippen LogP contribution in [-0.4, -0.2) is 15.0 Å². The van der Waals surface area contributed by atoms with Crippen LogP contribution in [0.15, 0.2) is 77.7 Å². The first-order chi connectivity index (χ1) is 15.9. The maximum atomic E-state index is 10.8. The Morgan fingerprint density at radius 1 is 1.15 bits per heavy atom. The van der Waals surface area contributed by atoms with Gasteiger partial charge in [0, 0.05) is 18.7 Å². The van der Waals surface area contributed by atoms with E-state index in [4.69, 9.17) is 19.9 Å². The molecule has 0 radical (unpaired) electrons. The Hall–Kier alpha value is -3.56. The van der Waals surface area contributed by atoms with E-state index in [0.717, 1.165) is 11.1 Å². The predicted molar refractivity (Wildman–Crippen MR) is 115 cm³/mol. The number of aromatic nitrogens is 3. The molecule has 0 amide bonds. The Kier molecular flexibility index (Phi) is 6.81. The summed E-state index contributed by atoms with van der Waals surface area (Å²) < 4.78 is 27.7. The summed E-state index contributed by atoms with van der Waals surface area (Å²) in [6.07, 6.45) is 5.43. The monoisotopic (exact) mass is 468 g/mol. The maximum Gasteiger partial charge on any atom is 0.285 e. The minimum atomic E-state index is -4.87. The highest BCUT2D eigenvalue weighted by atomic mass is 31.2. The summed E-state index contributed by atoms with van der Waals surface area (Å²) in [5.74, 6) is 1.34. The molecule has 1 unspecified atom stereocenters. The molecule has 170 valence electrons. The molecule has 3 heterocycles. The van der Waals surface area contributed by atoms with Crippen molar-refractivity contribution < 1.29 is 32.7 Å². The fourth-order valence-corrected chi connectivity index (χ4v) is 3.37. The number of hydrogen-bond donors (Lipinski definition) is 2. The zero-order chi connectivity index (χ0) is 23.3. The van der Waals surface area contributed by atoms with E-state index in [-0.39, 0.29) is 5.82 Å². The minimum absolute atomic E-state index is 0.201. The zero-order valence-corrected chi connectivity index (χ0v) is 18.3. The van der Waals surface area contributed by atoms with Crippen molar-refractivity contribution in [1.29, 1.82) is 0 Å². The lowest BCUT2D eigenvalue weighted by atomic mass is 10.1. The molecule has 11 heteroatoms. The topological polar surface area (TPSA) is 148 Å². The van der Waals surface area contributed by atoms with E-state index >= 15 is 0 Å². The first-order valence-electron chi connectivity index (χ1n) is 9.90. The third-order valence-corrected chi connectivity index (χ3v) is 5.19. The number of nitrogens with zero attached hydrogens (tertiary/aromatic N) is 3. The number of hydrogen-bond acceptors (Lipinski definition) is 8. The average molecular weight is 468 g/mol. The van der Waals surface area contributed by atoms with Gasteiger partial charge < -0.3 is 19.0 Å². The van der Waals surface area contributed by atoms with Gasteiger partial charge in [-0.25, -0.2) is 4.57 Å². The highest BCUT2D eigenvalue weighted by molar-refractivity contribution is 7.44. The van der Waals surface area contributed by atoms with E-state index < -0.39 is 14.6 Å². The van der Waals surface area contributed by atoms with Crippen molar-refractivity contribution in [2.45, 2.75) is 19.8 Å². The molecule has 1 atom stereocenters. The maximum absolute atomic E-state index is 10.8. The molecule has 3 aromatic heterocycles. The second-order valence-electron chi connectivity index (χ2n) is 7.16. The van der Waals surface area contributed by atoms with Gasteiger partial charge in [-0.05, 0) is 35.4 Å². The third kappa shape index (κ3) is 6.24. The van der Waals surface area contributed by atoms with Gasteiger partial charge in [-0.2, -0.15) is 0 Å². The van der Waals surface area contributed by atoms with Crippen molar-refractivity contribution in [3.8, 4) is 17.1 Å². The lowest BCUT2D eigenvalue weighted by Gasteiger charge is -2.14. The van der Waals surface area contributed by atoms with Crippen molar-refractivity contribution >= 4 is 13.6 Å². The van der Waals surface area contributed by atoms with Crippen LogP contribution in [0.1, 0.15) is 16.8 Å². The largest absolute Gasteiger partial charge is 0.756 e. The van der Waals surface area contributed by atoms with Gasteiger partial charge in [0.2, 0.25) is 0 Å². The van der Waals surface area contributed by atoms with E-state index in [1.807, 2.05) is 36.4 Å². The molecule has 0 bridgehead atoms. The number of ether oxygens (including phenoxy) is 1. The Balaban J connectivity index is 1.40. The molecular formula is C22H21N4O6P. The Morgan fingerprint density at radius 3 is 2.67 bits per heavy atom. The molecular weight excluding hydrogens is 447 g/mol. The highest BCUT2D eigenvalue weighted by Crippen LogP contribution is 2.30. The quantitative estimate of drug-likeness (QED) is 0.279. The summed E-state index contributed by atoms with van der Waals surface area (Å²) in [6, 6.07) is 16.8. The van der Waals surface area contributed by atoms with Gasteiger partial charge in [-0.1, -0.05) is 29.4 Å². The van der Waals surface area contributed by atoms with E-state index in [0.29, 0.717) is 35.8 Å². The number of benzene rings is 1. The van der Waals surface area contributed by atoms with Crippen LogP contribution in [0.2, 0.25) is 0 Å². The summed E-state index contributed by atoms with van der Waals surface area (Å²) in [4.78, 5) is 23.6. The van der Waals surface area contributed by atoms with Gasteiger partial charge in [-0.15, -0.1) is 0 Å². The number of nitrogens with two attached hydrogens (primary N) is 1. The normalized spacial score (nSPS) is 12.9. The number of phosphoric ester groups is 1. The number of phosphoric acid groups is 1. The van der Waals surface area contributed by atoms with Gasteiger partial charge in [-0.3, -0.25) is 19.8 Å². The van der Waals surface area contributed by atoms with Crippen LogP contribution in [0.25, 0.3) is 11.3 Å². The molecule has 1 aromatic carbocycles. The van der Waals surface area contributed by atoms with Crippen LogP contribution in [0, 0.1) is 0 Å². The molecule has 0 saturated heterocycles. The standard InChI is InChI=1S/C22H21N4O6P/c23-22-20(4-2-10-26(22)15-31-33(27,28)29)21-12-18(25-32-21)11-16-5-7-17(8-6-16)14-30-19-3-1-9-24-13-19/h1-10,12-13,23H,11,14-15H2,(H2,27,28,29). The van der Waals surface area contributed by atoms with Crippen LogP contribution in [0.4, 0.5) is 5.82 Å². The molecule has 4 aromatic rings. The van der Waals surface area contributed by atoms with Crippen LogP contribution in [-0.2, 0) is 28.8 Å². The molecule has 0 aliphatic carbocycles.